The highest BCUT2D eigenvalue weighted by molar-refractivity contribution is 6.74. The minimum atomic E-state index is -2.02. The predicted molar refractivity (Wildman–Crippen MR) is 186 cm³/mol. The van der Waals surface area contributed by atoms with Gasteiger partial charge in [0, 0.05) is 17.5 Å². The molecule has 4 aromatic rings. The lowest BCUT2D eigenvalue weighted by atomic mass is 9.78. The molecule has 45 heavy (non-hydrogen) atoms. The second-order valence-electron chi connectivity index (χ2n) is 13.2. The summed E-state index contributed by atoms with van der Waals surface area (Å²) in [6.45, 7) is 11.4. The molecule has 5 rings (SSSR count). The molecule has 1 aliphatic rings. The highest BCUT2D eigenvalue weighted by Crippen LogP contribution is 2.46. The Morgan fingerprint density at radius 3 is 1.87 bits per heavy atom. The molecule has 0 saturated heterocycles. The normalized spacial score (nSPS) is 14.9. The van der Waals surface area contributed by atoms with Gasteiger partial charge < -0.3 is 9.26 Å². The van der Waals surface area contributed by atoms with Gasteiger partial charge >= 0.3 is 8.32 Å². The molecule has 2 heterocycles. The Bertz CT molecular complexity index is 1410. The van der Waals surface area contributed by atoms with Crippen LogP contribution in [0.5, 0.6) is 5.75 Å². The largest absolute Gasteiger partial charge is 0.474 e. The molecule has 0 fully saturated rings. The van der Waals surface area contributed by atoms with Gasteiger partial charge in [-0.15, -0.1) is 0 Å². The van der Waals surface area contributed by atoms with Gasteiger partial charge in [0.25, 0.3) is 12.2 Å². The van der Waals surface area contributed by atoms with Gasteiger partial charge in [-0.1, -0.05) is 152 Å². The highest BCUT2D eigenvalue weighted by atomic mass is 28.4. The van der Waals surface area contributed by atoms with Crippen LogP contribution in [0.15, 0.2) is 91.3 Å². The fourth-order valence-electron chi connectivity index (χ4n) is 7.19. The summed E-state index contributed by atoms with van der Waals surface area (Å²) in [4.78, 5) is 1.87. The van der Waals surface area contributed by atoms with E-state index in [0.717, 1.165) is 35.5 Å². The van der Waals surface area contributed by atoms with Crippen molar-refractivity contribution >= 4 is 8.32 Å². The van der Waals surface area contributed by atoms with Crippen molar-refractivity contribution in [1.29, 1.82) is 0 Å². The summed E-state index contributed by atoms with van der Waals surface area (Å²) < 4.78 is 17.0. The third-order valence-electron chi connectivity index (χ3n) is 9.64. The fraction of sp³-hybridized carbons (Fsp3) is 0.487. The quantitative estimate of drug-likeness (QED) is 0.0868. The highest BCUT2D eigenvalue weighted by Gasteiger charge is 2.52. The molecule has 1 aliphatic heterocycles. The van der Waals surface area contributed by atoms with Gasteiger partial charge in [-0.3, -0.25) is 0 Å². The van der Waals surface area contributed by atoms with Crippen molar-refractivity contribution in [3.63, 3.8) is 0 Å². The zero-order valence-electron chi connectivity index (χ0n) is 28.3. The lowest BCUT2D eigenvalue weighted by Crippen LogP contribution is -2.53. The van der Waals surface area contributed by atoms with Crippen LogP contribution in [-0.2, 0) is 12.0 Å². The predicted octanol–water partition coefficient (Wildman–Crippen LogP) is 9.58. The zero-order valence-corrected chi connectivity index (χ0v) is 29.3. The SMILES string of the molecule is CCCC[Si](CCCC)(CCCC)On1c[n+]2c(n1)CC[C@H]2C(Oc1ccccc1C(C)C)(c1ccccc1)c1ccccc1. The lowest BCUT2D eigenvalue weighted by molar-refractivity contribution is -0.731. The molecule has 1 aromatic heterocycles. The number of benzene rings is 3. The van der Waals surface area contributed by atoms with Gasteiger partial charge in [0.2, 0.25) is 0 Å². The third-order valence-corrected chi connectivity index (χ3v) is 14.0. The number of hydrogen-bond donors (Lipinski definition) is 0. The van der Waals surface area contributed by atoms with Crippen LogP contribution >= 0.6 is 0 Å². The Morgan fingerprint density at radius 2 is 1.33 bits per heavy atom. The van der Waals surface area contributed by atoms with Crippen LogP contribution in [0.25, 0.3) is 0 Å². The second-order valence-corrected chi connectivity index (χ2v) is 17.3. The van der Waals surface area contributed by atoms with Gasteiger partial charge in [-0.05, 0) is 42.1 Å². The van der Waals surface area contributed by atoms with Gasteiger partial charge in [0.05, 0.1) is 9.94 Å². The first-order valence-corrected chi connectivity index (χ1v) is 20.1. The van der Waals surface area contributed by atoms with Crippen molar-refractivity contribution in [1.82, 2.24) is 9.94 Å². The van der Waals surface area contributed by atoms with Crippen LogP contribution in [0.2, 0.25) is 18.1 Å². The van der Waals surface area contributed by atoms with Crippen molar-refractivity contribution in [2.45, 2.75) is 122 Å². The lowest BCUT2D eigenvalue weighted by Gasteiger charge is -2.40. The number of para-hydroxylation sites is 1. The second kappa shape index (κ2) is 15.3. The van der Waals surface area contributed by atoms with Crippen LogP contribution in [-0.4, -0.2) is 18.3 Å². The number of unbranched alkanes of at least 4 members (excludes halogenated alkanes) is 3. The maximum atomic E-state index is 7.49. The molecule has 0 aliphatic carbocycles. The average Bonchev–Trinajstić information content (AvgIpc) is 3.65. The smallest absolute Gasteiger partial charge is 0.312 e. The minimum absolute atomic E-state index is 0.00661. The molecule has 1 atom stereocenters. The van der Waals surface area contributed by atoms with Gasteiger partial charge in [0.1, 0.15) is 11.8 Å². The van der Waals surface area contributed by atoms with E-state index in [9.17, 15) is 0 Å². The molecule has 240 valence electrons. The summed E-state index contributed by atoms with van der Waals surface area (Å²) in [6.07, 6.45) is 11.3. The van der Waals surface area contributed by atoms with E-state index in [4.69, 9.17) is 14.4 Å². The van der Waals surface area contributed by atoms with Gasteiger partial charge in [-0.2, -0.15) is 0 Å². The number of ether oxygens (including phenoxy) is 1. The van der Waals surface area contributed by atoms with Crippen molar-refractivity contribution in [2.24, 2.45) is 0 Å². The molecule has 0 unspecified atom stereocenters. The Morgan fingerprint density at radius 1 is 0.800 bits per heavy atom. The molecule has 3 aromatic carbocycles. The van der Waals surface area contributed by atoms with E-state index < -0.39 is 13.9 Å². The summed E-state index contributed by atoms with van der Waals surface area (Å²) in [5.74, 6) is 2.34. The molecule has 0 radical (unpaired) electrons. The molecule has 0 spiro atoms. The number of rotatable bonds is 17. The number of nitrogens with zero attached hydrogens (tertiary/aromatic N) is 3. The molecule has 5 nitrogen and oxygen atoms in total. The van der Waals surface area contributed by atoms with E-state index >= 15 is 0 Å². The fourth-order valence-corrected chi connectivity index (χ4v) is 11.7. The van der Waals surface area contributed by atoms with Crippen molar-refractivity contribution in [3.05, 3.63) is 114 Å². The van der Waals surface area contributed by atoms with E-state index in [1.807, 2.05) is 4.85 Å². The van der Waals surface area contributed by atoms with Crippen LogP contribution in [0.3, 0.4) is 0 Å². The molecule has 0 N–H and O–H groups in total. The zero-order chi connectivity index (χ0) is 31.7. The first-order valence-electron chi connectivity index (χ1n) is 17.5. The van der Waals surface area contributed by atoms with E-state index in [2.05, 4.69) is 130 Å². The van der Waals surface area contributed by atoms with Crippen molar-refractivity contribution < 1.29 is 13.8 Å². The molecule has 6 heteroatoms. The average molecular weight is 625 g/mol. The molecule has 0 amide bonds. The van der Waals surface area contributed by atoms with Gasteiger partial charge in [0.15, 0.2) is 5.60 Å². The third kappa shape index (κ3) is 7.22. The molecular formula is C39H54N3O2Si+. The number of fused-ring (bicyclic) bond motifs is 1. The van der Waals surface area contributed by atoms with Crippen LogP contribution in [0.4, 0.5) is 0 Å². The number of aryl methyl sites for hydroxylation is 1. The van der Waals surface area contributed by atoms with E-state index in [0.29, 0.717) is 5.92 Å². The number of hydrogen-bond acceptors (Lipinski definition) is 3. The molecule has 0 bridgehead atoms. The minimum Gasteiger partial charge on any atom is -0.474 e. The maximum absolute atomic E-state index is 7.49. The van der Waals surface area contributed by atoms with E-state index in [1.54, 1.807) is 0 Å². The Labute approximate surface area is 272 Å². The molecular weight excluding hydrogens is 571 g/mol. The Balaban J connectivity index is 1.63. The summed E-state index contributed by atoms with van der Waals surface area (Å²) in [5.41, 5.74) is 2.74. The molecule has 0 saturated carbocycles. The van der Waals surface area contributed by atoms with E-state index in [-0.39, 0.29) is 6.04 Å². The summed E-state index contributed by atoms with van der Waals surface area (Å²) >= 11 is 0. The number of aromatic nitrogens is 3. The topological polar surface area (TPSA) is 40.2 Å². The van der Waals surface area contributed by atoms with E-state index in [1.165, 1.54) is 62.2 Å². The van der Waals surface area contributed by atoms with Crippen molar-refractivity contribution in [2.75, 3.05) is 0 Å². The van der Waals surface area contributed by atoms with Gasteiger partial charge in [-0.25, -0.2) is 4.57 Å². The summed E-state index contributed by atoms with van der Waals surface area (Å²) in [7, 11) is -2.02. The maximum Gasteiger partial charge on any atom is 0.312 e. The Kier molecular flexibility index (Phi) is 11.2. The summed E-state index contributed by atoms with van der Waals surface area (Å²) in [6, 6.07) is 33.8. The Hall–Kier alpha value is -3.38. The standard InChI is InChI=1S/C39H54N3O2Si/c1-6-9-28-45(29-10-7-2,30-11-8-3)44-42-31-41-37(26-27-38(41)40-42)39(33-20-14-12-15-21-33,34-22-16-13-17-23-34)43-36-25-19-18-24-35(36)32(4)5/h12-25,31-32,37H,6-11,26-30H2,1-5H3/q+1/t37-/m0/s1. The van der Waals surface area contributed by atoms with Crippen molar-refractivity contribution in [3.8, 4) is 5.75 Å². The van der Waals surface area contributed by atoms with Crippen LogP contribution in [0, 0.1) is 0 Å². The first kappa shape index (κ1) is 33.0. The monoisotopic (exact) mass is 624 g/mol. The van der Waals surface area contributed by atoms with Crippen LogP contribution in [0.1, 0.15) is 114 Å². The van der Waals surface area contributed by atoms with Crippen LogP contribution < -0.4 is 13.8 Å². The first-order chi connectivity index (χ1) is 22.0. The summed E-state index contributed by atoms with van der Waals surface area (Å²) in [5, 5.41) is 5.14.